The molecule has 2 aromatic carbocycles. The van der Waals surface area contributed by atoms with Gasteiger partial charge in [0.2, 0.25) is 0 Å². The normalized spacial score (nSPS) is 15.0. The van der Waals surface area contributed by atoms with Crippen LogP contribution in [0, 0.1) is 10.1 Å². The molecule has 0 fully saturated rings. The van der Waals surface area contributed by atoms with Gasteiger partial charge >= 0.3 is 5.69 Å². The molecule has 7 nitrogen and oxygen atoms in total. The first-order chi connectivity index (χ1) is 12.1. The lowest BCUT2D eigenvalue weighted by Crippen LogP contribution is -2.25. The molecule has 0 saturated carbocycles. The summed E-state index contributed by atoms with van der Waals surface area (Å²) in [6.45, 7) is 0. The number of nitrogens with zero attached hydrogens (tertiary/aromatic N) is 4. The van der Waals surface area contributed by atoms with E-state index in [0.717, 1.165) is 22.5 Å². The second kappa shape index (κ2) is 5.62. The number of aromatic nitrogens is 2. The van der Waals surface area contributed by atoms with E-state index in [1.54, 1.807) is 4.68 Å². The third-order valence-corrected chi connectivity index (χ3v) is 4.42. The molecule has 1 unspecified atom stereocenters. The summed E-state index contributed by atoms with van der Waals surface area (Å²) in [7, 11) is 3.97. The van der Waals surface area contributed by atoms with Gasteiger partial charge in [-0.25, -0.2) is 4.68 Å². The molecule has 4 rings (SSSR count). The number of fused-ring (bicyclic) bond motifs is 3. The number of nitro groups is 1. The van der Waals surface area contributed by atoms with Crippen molar-refractivity contribution in [2.24, 2.45) is 0 Å². The van der Waals surface area contributed by atoms with Crippen LogP contribution >= 0.6 is 0 Å². The highest BCUT2D eigenvalue weighted by atomic mass is 16.6. The zero-order chi connectivity index (χ0) is 17.6. The van der Waals surface area contributed by atoms with E-state index >= 15 is 0 Å². The molecule has 3 aromatic rings. The standard InChI is InChI=1S/C18H17N5O2/c1-21(2)13-9-7-12(8-10-13)18-20-15-6-4-3-5-14(15)17-16(23(24)25)11-19-22(17)18/h3-11,18,20H,1-2H3. The summed E-state index contributed by atoms with van der Waals surface area (Å²) in [4.78, 5) is 13.1. The van der Waals surface area contributed by atoms with Gasteiger partial charge in [0, 0.05) is 31.0 Å². The second-order valence-electron chi connectivity index (χ2n) is 6.16. The smallest absolute Gasteiger partial charge is 0.315 e. The SMILES string of the molecule is CN(C)c1ccc(C2Nc3ccccc3-c3c([N+](=O)[O-])cnn32)cc1. The van der Waals surface area contributed by atoms with Crippen molar-refractivity contribution in [2.75, 3.05) is 24.3 Å². The minimum absolute atomic E-state index is 0.0175. The average Bonchev–Trinajstić information content (AvgIpc) is 3.07. The van der Waals surface area contributed by atoms with Crippen molar-refractivity contribution in [1.82, 2.24) is 9.78 Å². The fourth-order valence-electron chi connectivity index (χ4n) is 3.15. The van der Waals surface area contributed by atoms with Crippen LogP contribution in [-0.4, -0.2) is 28.8 Å². The zero-order valence-corrected chi connectivity index (χ0v) is 13.9. The summed E-state index contributed by atoms with van der Waals surface area (Å²) in [6.07, 6.45) is 1.02. The second-order valence-corrected chi connectivity index (χ2v) is 6.16. The Bertz CT molecular complexity index is 946. The van der Waals surface area contributed by atoms with E-state index in [2.05, 4.69) is 10.4 Å². The Morgan fingerprint density at radius 3 is 2.56 bits per heavy atom. The van der Waals surface area contributed by atoms with E-state index in [-0.39, 0.29) is 16.8 Å². The van der Waals surface area contributed by atoms with Crippen LogP contribution in [0.2, 0.25) is 0 Å². The molecule has 1 aliphatic rings. The van der Waals surface area contributed by atoms with Crippen molar-refractivity contribution < 1.29 is 4.92 Å². The first-order valence-electron chi connectivity index (χ1n) is 7.91. The fourth-order valence-corrected chi connectivity index (χ4v) is 3.15. The van der Waals surface area contributed by atoms with E-state index in [1.165, 1.54) is 6.20 Å². The minimum atomic E-state index is -0.382. The van der Waals surface area contributed by atoms with Crippen LogP contribution in [0.1, 0.15) is 11.7 Å². The molecule has 126 valence electrons. The Labute approximate surface area is 144 Å². The molecule has 0 bridgehead atoms. The van der Waals surface area contributed by atoms with Crippen molar-refractivity contribution in [2.45, 2.75) is 6.17 Å². The Morgan fingerprint density at radius 1 is 1.16 bits per heavy atom. The molecule has 1 atom stereocenters. The predicted molar refractivity (Wildman–Crippen MR) is 96.8 cm³/mol. The monoisotopic (exact) mass is 335 g/mol. The summed E-state index contributed by atoms with van der Waals surface area (Å²) < 4.78 is 1.69. The summed E-state index contributed by atoms with van der Waals surface area (Å²) in [5.41, 5.74) is 4.27. The van der Waals surface area contributed by atoms with E-state index < -0.39 is 0 Å². The quantitative estimate of drug-likeness (QED) is 0.585. The molecule has 2 heterocycles. The van der Waals surface area contributed by atoms with E-state index in [1.807, 2.05) is 67.5 Å². The Balaban J connectivity index is 1.86. The lowest BCUT2D eigenvalue weighted by Gasteiger charge is -2.29. The third-order valence-electron chi connectivity index (χ3n) is 4.42. The van der Waals surface area contributed by atoms with E-state index in [4.69, 9.17) is 0 Å². The highest BCUT2D eigenvalue weighted by molar-refractivity contribution is 5.83. The molecule has 0 radical (unpaired) electrons. The van der Waals surface area contributed by atoms with Gasteiger partial charge in [0.1, 0.15) is 12.4 Å². The van der Waals surface area contributed by atoms with Crippen LogP contribution in [0.4, 0.5) is 17.1 Å². The van der Waals surface area contributed by atoms with Gasteiger partial charge in [-0.2, -0.15) is 5.10 Å². The first kappa shape index (κ1) is 15.2. The van der Waals surface area contributed by atoms with E-state index in [9.17, 15) is 10.1 Å². The molecular weight excluding hydrogens is 318 g/mol. The van der Waals surface area contributed by atoms with Gasteiger partial charge in [0.05, 0.1) is 4.92 Å². The Morgan fingerprint density at radius 2 is 1.88 bits per heavy atom. The number of hydrogen-bond donors (Lipinski definition) is 1. The highest BCUT2D eigenvalue weighted by Crippen LogP contribution is 2.42. The molecule has 1 aliphatic heterocycles. The van der Waals surface area contributed by atoms with Crippen molar-refractivity contribution in [1.29, 1.82) is 0 Å². The predicted octanol–water partition coefficient (Wildman–Crippen LogP) is 3.50. The lowest BCUT2D eigenvalue weighted by atomic mass is 10.0. The van der Waals surface area contributed by atoms with Crippen LogP contribution < -0.4 is 10.2 Å². The Kier molecular flexibility index (Phi) is 3.42. The van der Waals surface area contributed by atoms with Crippen molar-refractivity contribution in [3.63, 3.8) is 0 Å². The first-order valence-corrected chi connectivity index (χ1v) is 7.91. The fraction of sp³-hybridized carbons (Fsp3) is 0.167. The van der Waals surface area contributed by atoms with Crippen LogP contribution in [0.3, 0.4) is 0 Å². The number of rotatable bonds is 3. The van der Waals surface area contributed by atoms with Crippen molar-refractivity contribution >= 4 is 17.1 Å². The molecule has 7 heteroatoms. The number of nitrogens with one attached hydrogen (secondary N) is 1. The molecule has 0 spiro atoms. The molecule has 0 aliphatic carbocycles. The van der Waals surface area contributed by atoms with Crippen LogP contribution in [0.5, 0.6) is 0 Å². The zero-order valence-electron chi connectivity index (χ0n) is 13.9. The average molecular weight is 335 g/mol. The maximum atomic E-state index is 11.4. The number of para-hydroxylation sites is 1. The molecule has 1 aromatic heterocycles. The summed E-state index contributed by atoms with van der Waals surface area (Å²) >= 11 is 0. The van der Waals surface area contributed by atoms with Crippen LogP contribution in [-0.2, 0) is 0 Å². The topological polar surface area (TPSA) is 76.2 Å². The minimum Gasteiger partial charge on any atom is -0.378 e. The largest absolute Gasteiger partial charge is 0.378 e. The van der Waals surface area contributed by atoms with Gasteiger partial charge < -0.3 is 10.2 Å². The van der Waals surface area contributed by atoms with Gasteiger partial charge in [-0.05, 0) is 23.8 Å². The van der Waals surface area contributed by atoms with Gasteiger partial charge in [-0.3, -0.25) is 10.1 Å². The van der Waals surface area contributed by atoms with Gasteiger partial charge in [0.25, 0.3) is 0 Å². The molecular formula is C18H17N5O2. The molecule has 1 N–H and O–H groups in total. The molecule has 0 saturated heterocycles. The maximum Gasteiger partial charge on any atom is 0.315 e. The van der Waals surface area contributed by atoms with Gasteiger partial charge in [0.15, 0.2) is 5.69 Å². The number of anilines is 2. The highest BCUT2D eigenvalue weighted by Gasteiger charge is 2.32. The molecule has 0 amide bonds. The maximum absolute atomic E-state index is 11.4. The Hall–Kier alpha value is -3.35. The van der Waals surface area contributed by atoms with Gasteiger partial charge in [-0.1, -0.05) is 30.3 Å². The number of benzene rings is 2. The molecule has 25 heavy (non-hydrogen) atoms. The number of hydrogen-bond acceptors (Lipinski definition) is 5. The van der Waals surface area contributed by atoms with Crippen LogP contribution in [0.15, 0.2) is 54.7 Å². The lowest BCUT2D eigenvalue weighted by molar-refractivity contribution is -0.384. The third kappa shape index (κ3) is 2.40. The van der Waals surface area contributed by atoms with Crippen molar-refractivity contribution in [3.05, 3.63) is 70.4 Å². The van der Waals surface area contributed by atoms with Crippen molar-refractivity contribution in [3.8, 4) is 11.3 Å². The summed E-state index contributed by atoms with van der Waals surface area (Å²) in [5, 5.41) is 19.2. The van der Waals surface area contributed by atoms with Gasteiger partial charge in [-0.15, -0.1) is 0 Å². The van der Waals surface area contributed by atoms with E-state index in [0.29, 0.717) is 5.69 Å². The van der Waals surface area contributed by atoms with Crippen LogP contribution in [0.25, 0.3) is 11.3 Å². The summed E-state index contributed by atoms with van der Waals surface area (Å²) in [5.74, 6) is 0. The summed E-state index contributed by atoms with van der Waals surface area (Å²) in [6, 6.07) is 15.6.